The van der Waals surface area contributed by atoms with Gasteiger partial charge in [0, 0.05) is 6.04 Å². The predicted molar refractivity (Wildman–Crippen MR) is 80.7 cm³/mol. The number of aliphatic hydroxyl groups is 1. The molecule has 0 bridgehead atoms. The van der Waals surface area contributed by atoms with Crippen molar-refractivity contribution in [2.45, 2.75) is 19.0 Å². The molecule has 0 aromatic heterocycles. The van der Waals surface area contributed by atoms with Gasteiger partial charge in [-0.3, -0.25) is 0 Å². The van der Waals surface area contributed by atoms with Crippen molar-refractivity contribution in [3.63, 3.8) is 0 Å². The van der Waals surface area contributed by atoms with Crippen LogP contribution >= 0.6 is 0 Å². The van der Waals surface area contributed by atoms with Gasteiger partial charge in [-0.2, -0.15) is 0 Å². The maximum Gasteiger partial charge on any atom is 0.194 e. The minimum absolute atomic E-state index is 0.219. The number of benzene rings is 2. The minimum atomic E-state index is -1.49. The third-order valence-electron chi connectivity index (χ3n) is 3.64. The van der Waals surface area contributed by atoms with Crippen LogP contribution in [0.3, 0.4) is 0 Å². The molecule has 2 atom stereocenters. The van der Waals surface area contributed by atoms with Crippen molar-refractivity contribution in [2.75, 3.05) is 13.7 Å². The molecule has 2 rings (SSSR count). The quantitative estimate of drug-likeness (QED) is 0.799. The molecule has 0 saturated heterocycles. The molecular weight excluding hydrogens is 307 g/mol. The zero-order valence-electron chi connectivity index (χ0n) is 12.8. The second-order valence-electron chi connectivity index (χ2n) is 5.20. The van der Waals surface area contributed by atoms with Gasteiger partial charge in [-0.05, 0) is 42.3 Å². The Hall–Kier alpha value is -2.05. The molecule has 0 spiro atoms. The minimum Gasteiger partial charge on any atom is -0.497 e. The lowest BCUT2D eigenvalue weighted by molar-refractivity contribution is 0.235. The first-order valence-corrected chi connectivity index (χ1v) is 7.11. The monoisotopic (exact) mass is 325 g/mol. The first-order valence-electron chi connectivity index (χ1n) is 7.11. The predicted octanol–water partition coefficient (Wildman–Crippen LogP) is 3.50. The molecule has 0 radical (unpaired) electrons. The molecule has 0 amide bonds. The van der Waals surface area contributed by atoms with E-state index in [1.54, 1.807) is 31.2 Å². The van der Waals surface area contributed by atoms with Gasteiger partial charge in [0.15, 0.2) is 17.5 Å². The molecule has 2 N–H and O–H groups in total. The van der Waals surface area contributed by atoms with E-state index in [2.05, 4.69) is 5.32 Å². The van der Waals surface area contributed by atoms with Gasteiger partial charge in [0.1, 0.15) is 5.75 Å². The van der Waals surface area contributed by atoms with Gasteiger partial charge in [0.25, 0.3) is 0 Å². The summed E-state index contributed by atoms with van der Waals surface area (Å²) >= 11 is 0. The molecular formula is C17H18F3NO2. The van der Waals surface area contributed by atoms with Gasteiger partial charge >= 0.3 is 0 Å². The van der Waals surface area contributed by atoms with Gasteiger partial charge < -0.3 is 15.2 Å². The fraction of sp³-hybridized carbons (Fsp3) is 0.294. The maximum absolute atomic E-state index is 13.3. The Morgan fingerprint density at radius 3 is 2.30 bits per heavy atom. The zero-order chi connectivity index (χ0) is 17.0. The smallest absolute Gasteiger partial charge is 0.194 e. The molecule has 0 fully saturated rings. The van der Waals surface area contributed by atoms with Gasteiger partial charge in [-0.1, -0.05) is 12.1 Å². The number of aliphatic hydroxyl groups excluding tert-OH is 1. The first kappa shape index (κ1) is 17.3. The Balaban J connectivity index is 2.21. The highest BCUT2D eigenvalue weighted by molar-refractivity contribution is 5.31. The third-order valence-corrected chi connectivity index (χ3v) is 3.64. The lowest BCUT2D eigenvalue weighted by Gasteiger charge is -2.23. The van der Waals surface area contributed by atoms with Crippen LogP contribution in [-0.2, 0) is 0 Å². The van der Waals surface area contributed by atoms with Crippen LogP contribution in [0.4, 0.5) is 13.2 Å². The summed E-state index contributed by atoms with van der Waals surface area (Å²) in [7, 11) is 1.53. The van der Waals surface area contributed by atoms with Crippen LogP contribution in [-0.4, -0.2) is 18.8 Å². The Morgan fingerprint density at radius 1 is 1.09 bits per heavy atom. The number of nitrogens with one attached hydrogen (secondary N) is 1. The second kappa shape index (κ2) is 7.48. The van der Waals surface area contributed by atoms with E-state index in [9.17, 15) is 18.3 Å². The molecule has 2 aromatic carbocycles. The van der Waals surface area contributed by atoms with Crippen LogP contribution in [0.5, 0.6) is 5.75 Å². The Morgan fingerprint density at radius 2 is 1.74 bits per heavy atom. The van der Waals surface area contributed by atoms with Gasteiger partial charge in [0.05, 0.1) is 19.8 Å². The van der Waals surface area contributed by atoms with E-state index in [1.807, 2.05) is 0 Å². The van der Waals surface area contributed by atoms with E-state index in [-0.39, 0.29) is 12.2 Å². The molecule has 0 aliphatic rings. The topological polar surface area (TPSA) is 41.5 Å². The lowest BCUT2D eigenvalue weighted by atomic mass is 10.0. The van der Waals surface area contributed by atoms with Crippen molar-refractivity contribution in [1.82, 2.24) is 5.32 Å². The SMILES string of the molecule is COc1cccc(C(CO)NC(C)c2cc(F)c(F)c(F)c2)c1. The van der Waals surface area contributed by atoms with E-state index in [1.165, 1.54) is 7.11 Å². The number of methoxy groups -OCH3 is 1. The molecule has 6 heteroatoms. The first-order chi connectivity index (χ1) is 11.0. The Kier molecular flexibility index (Phi) is 5.63. The van der Waals surface area contributed by atoms with Crippen LogP contribution in [0.25, 0.3) is 0 Å². The molecule has 0 aliphatic heterocycles. The van der Waals surface area contributed by atoms with E-state index in [4.69, 9.17) is 4.74 Å². The summed E-state index contributed by atoms with van der Waals surface area (Å²) in [6.45, 7) is 1.46. The van der Waals surface area contributed by atoms with Gasteiger partial charge in [-0.25, -0.2) is 13.2 Å². The van der Waals surface area contributed by atoms with E-state index in [0.29, 0.717) is 5.75 Å². The molecule has 0 aliphatic carbocycles. The molecule has 124 valence electrons. The summed E-state index contributed by atoms with van der Waals surface area (Å²) in [5, 5.41) is 12.6. The summed E-state index contributed by atoms with van der Waals surface area (Å²) in [5.41, 5.74) is 1.02. The second-order valence-corrected chi connectivity index (χ2v) is 5.20. The zero-order valence-corrected chi connectivity index (χ0v) is 12.8. The summed E-state index contributed by atoms with van der Waals surface area (Å²) < 4.78 is 44.8. The Bertz CT molecular complexity index is 656. The summed E-state index contributed by atoms with van der Waals surface area (Å²) in [6.07, 6.45) is 0. The molecule has 2 unspecified atom stereocenters. The standard InChI is InChI=1S/C17H18F3NO2/c1-10(12-7-14(18)17(20)15(19)8-12)21-16(9-22)11-4-3-5-13(6-11)23-2/h3-8,10,16,21-22H,9H2,1-2H3. The molecule has 23 heavy (non-hydrogen) atoms. The average Bonchev–Trinajstić information content (AvgIpc) is 2.56. The highest BCUT2D eigenvalue weighted by Gasteiger charge is 2.18. The van der Waals surface area contributed by atoms with Crippen molar-refractivity contribution in [1.29, 1.82) is 0 Å². The molecule has 3 nitrogen and oxygen atoms in total. The average molecular weight is 325 g/mol. The summed E-state index contributed by atoms with van der Waals surface area (Å²) in [4.78, 5) is 0. The highest BCUT2D eigenvalue weighted by Crippen LogP contribution is 2.24. The number of ether oxygens (including phenoxy) is 1. The van der Waals surface area contributed by atoms with E-state index < -0.39 is 29.5 Å². The molecule has 2 aromatic rings. The van der Waals surface area contributed by atoms with E-state index >= 15 is 0 Å². The fourth-order valence-electron chi connectivity index (χ4n) is 2.34. The van der Waals surface area contributed by atoms with Gasteiger partial charge in [0.2, 0.25) is 0 Å². The number of halogens is 3. The van der Waals surface area contributed by atoms with Crippen LogP contribution < -0.4 is 10.1 Å². The Labute approximate surface area is 132 Å². The van der Waals surface area contributed by atoms with E-state index in [0.717, 1.165) is 17.7 Å². The number of hydrogen-bond donors (Lipinski definition) is 2. The molecule has 0 saturated carbocycles. The van der Waals surface area contributed by atoms with Crippen molar-refractivity contribution in [3.8, 4) is 5.75 Å². The van der Waals surface area contributed by atoms with Crippen molar-refractivity contribution < 1.29 is 23.0 Å². The molecule has 0 heterocycles. The summed E-state index contributed by atoms with van der Waals surface area (Å²) in [6, 6.07) is 8.03. The largest absolute Gasteiger partial charge is 0.497 e. The number of hydrogen-bond acceptors (Lipinski definition) is 3. The fourth-order valence-corrected chi connectivity index (χ4v) is 2.34. The lowest BCUT2D eigenvalue weighted by Crippen LogP contribution is -2.27. The highest BCUT2D eigenvalue weighted by atomic mass is 19.2. The maximum atomic E-state index is 13.3. The van der Waals surface area contributed by atoms with Gasteiger partial charge in [-0.15, -0.1) is 0 Å². The summed E-state index contributed by atoms with van der Waals surface area (Å²) in [5.74, 6) is -3.34. The van der Waals surface area contributed by atoms with Crippen LogP contribution in [0.1, 0.15) is 30.1 Å². The van der Waals surface area contributed by atoms with Crippen LogP contribution in [0.15, 0.2) is 36.4 Å². The van der Waals surface area contributed by atoms with Crippen molar-refractivity contribution >= 4 is 0 Å². The normalized spacial score (nSPS) is 13.7. The van der Waals surface area contributed by atoms with Crippen LogP contribution in [0, 0.1) is 17.5 Å². The van der Waals surface area contributed by atoms with Crippen molar-refractivity contribution in [3.05, 3.63) is 65.0 Å². The number of rotatable bonds is 6. The third kappa shape index (κ3) is 4.03. The van der Waals surface area contributed by atoms with Crippen LogP contribution in [0.2, 0.25) is 0 Å². The van der Waals surface area contributed by atoms with Crippen molar-refractivity contribution in [2.24, 2.45) is 0 Å².